The molecule has 0 aliphatic rings. The number of carbonyl (C=O) groups is 1. The highest BCUT2D eigenvalue weighted by Gasteiger charge is 2.18. The first-order chi connectivity index (χ1) is 9.79. The van der Waals surface area contributed by atoms with Crippen molar-refractivity contribution in [1.82, 2.24) is 0 Å². The molecule has 0 fully saturated rings. The van der Waals surface area contributed by atoms with E-state index in [1.54, 1.807) is 19.1 Å². The smallest absolute Gasteiger partial charge is 0.335 e. The van der Waals surface area contributed by atoms with E-state index in [1.807, 2.05) is 19.1 Å². The van der Waals surface area contributed by atoms with Crippen molar-refractivity contribution in [2.24, 2.45) is 0 Å². The van der Waals surface area contributed by atoms with Crippen molar-refractivity contribution in [3.63, 3.8) is 0 Å². The molecule has 0 heterocycles. The van der Waals surface area contributed by atoms with Crippen LogP contribution in [0.2, 0.25) is 0 Å². The van der Waals surface area contributed by atoms with Crippen molar-refractivity contribution < 1.29 is 18.3 Å². The maximum Gasteiger partial charge on any atom is 0.335 e. The fraction of sp³-hybridized carbons (Fsp3) is 0.188. The molecule has 0 bridgehead atoms. The third-order valence-electron chi connectivity index (χ3n) is 3.28. The molecule has 2 aromatic carbocycles. The van der Waals surface area contributed by atoms with Crippen LogP contribution < -0.4 is 0 Å². The molecule has 1 N–H and O–H groups in total. The van der Waals surface area contributed by atoms with E-state index in [0.29, 0.717) is 11.1 Å². The van der Waals surface area contributed by atoms with Crippen LogP contribution in [0, 0.1) is 13.8 Å². The van der Waals surface area contributed by atoms with E-state index in [-0.39, 0.29) is 16.2 Å². The molecule has 4 nitrogen and oxygen atoms in total. The Hall–Kier alpha value is -2.14. The molecule has 0 saturated heterocycles. The van der Waals surface area contributed by atoms with Gasteiger partial charge in [-0.2, -0.15) is 0 Å². The third kappa shape index (κ3) is 3.49. The lowest BCUT2D eigenvalue weighted by molar-refractivity contribution is 0.0696. The number of carboxylic acids is 1. The number of rotatable bonds is 4. The van der Waals surface area contributed by atoms with Crippen LogP contribution in [0.15, 0.2) is 47.4 Å². The predicted molar refractivity (Wildman–Crippen MR) is 80.2 cm³/mol. The van der Waals surface area contributed by atoms with Gasteiger partial charge in [-0.15, -0.1) is 0 Å². The monoisotopic (exact) mass is 304 g/mol. The minimum Gasteiger partial charge on any atom is -0.478 e. The topological polar surface area (TPSA) is 71.4 Å². The summed E-state index contributed by atoms with van der Waals surface area (Å²) in [6.07, 6.45) is 0. The van der Waals surface area contributed by atoms with Gasteiger partial charge in [-0.3, -0.25) is 0 Å². The molecular formula is C16H16O4S. The standard InChI is InChI=1S/C16H16O4S/c1-11-3-6-13(7-4-11)10-21(19,20)14-8-5-12(2)15(9-14)16(17)18/h3-9H,10H2,1-2H3,(H,17,18). The quantitative estimate of drug-likeness (QED) is 0.942. The van der Waals surface area contributed by atoms with E-state index in [9.17, 15) is 13.2 Å². The van der Waals surface area contributed by atoms with E-state index < -0.39 is 15.8 Å². The van der Waals surface area contributed by atoms with Gasteiger partial charge in [0.2, 0.25) is 0 Å². The van der Waals surface area contributed by atoms with Crippen molar-refractivity contribution in [2.45, 2.75) is 24.5 Å². The van der Waals surface area contributed by atoms with E-state index in [4.69, 9.17) is 5.11 Å². The molecule has 5 heteroatoms. The second kappa shape index (κ2) is 5.69. The number of benzene rings is 2. The van der Waals surface area contributed by atoms with Gasteiger partial charge in [-0.25, -0.2) is 13.2 Å². The molecule has 21 heavy (non-hydrogen) atoms. The average molecular weight is 304 g/mol. The Morgan fingerprint density at radius 1 is 1.05 bits per heavy atom. The van der Waals surface area contributed by atoms with Crippen LogP contribution in [0.1, 0.15) is 27.0 Å². The number of aryl methyl sites for hydroxylation is 2. The van der Waals surface area contributed by atoms with Crippen LogP contribution in [0.4, 0.5) is 0 Å². The molecule has 0 unspecified atom stereocenters. The minimum absolute atomic E-state index is 0.0139. The Bertz CT molecular complexity index is 774. The van der Waals surface area contributed by atoms with Gasteiger partial charge in [0, 0.05) is 0 Å². The number of sulfone groups is 1. The number of aromatic carboxylic acids is 1. The normalized spacial score (nSPS) is 11.3. The highest BCUT2D eigenvalue weighted by molar-refractivity contribution is 7.90. The number of hydrogen-bond donors (Lipinski definition) is 1. The summed E-state index contributed by atoms with van der Waals surface area (Å²) in [5, 5.41) is 9.08. The van der Waals surface area contributed by atoms with Gasteiger partial charge in [-0.1, -0.05) is 35.9 Å². The summed E-state index contributed by atoms with van der Waals surface area (Å²) in [4.78, 5) is 11.1. The summed E-state index contributed by atoms with van der Waals surface area (Å²) < 4.78 is 24.8. The summed E-state index contributed by atoms with van der Waals surface area (Å²) in [5.74, 6) is -1.27. The van der Waals surface area contributed by atoms with Crippen molar-refractivity contribution >= 4 is 15.8 Å². The molecule has 0 radical (unpaired) electrons. The van der Waals surface area contributed by atoms with Crippen molar-refractivity contribution in [3.8, 4) is 0 Å². The van der Waals surface area contributed by atoms with Crippen molar-refractivity contribution in [3.05, 3.63) is 64.7 Å². The highest BCUT2D eigenvalue weighted by Crippen LogP contribution is 2.20. The van der Waals surface area contributed by atoms with Crippen LogP contribution in [-0.4, -0.2) is 19.5 Å². The van der Waals surface area contributed by atoms with Crippen LogP contribution in [0.3, 0.4) is 0 Å². The van der Waals surface area contributed by atoms with Gasteiger partial charge in [0.15, 0.2) is 9.84 Å². The van der Waals surface area contributed by atoms with Gasteiger partial charge < -0.3 is 5.11 Å². The largest absolute Gasteiger partial charge is 0.478 e. The molecular weight excluding hydrogens is 288 g/mol. The fourth-order valence-electron chi connectivity index (χ4n) is 2.01. The SMILES string of the molecule is Cc1ccc(CS(=O)(=O)c2ccc(C)c(C(=O)O)c2)cc1. The Kier molecular flexibility index (Phi) is 4.14. The Labute approximate surface area is 124 Å². The molecule has 0 atom stereocenters. The molecule has 0 aliphatic carbocycles. The molecule has 2 rings (SSSR count). The zero-order chi connectivity index (χ0) is 15.6. The van der Waals surface area contributed by atoms with Gasteiger partial charge in [0.25, 0.3) is 0 Å². The Morgan fingerprint density at radius 2 is 1.67 bits per heavy atom. The fourth-order valence-corrected chi connectivity index (χ4v) is 3.38. The van der Waals surface area contributed by atoms with Gasteiger partial charge in [-0.05, 0) is 37.1 Å². The first-order valence-corrected chi connectivity index (χ1v) is 8.07. The molecule has 2 aromatic rings. The summed E-state index contributed by atoms with van der Waals surface area (Å²) >= 11 is 0. The molecule has 0 saturated carbocycles. The molecule has 0 spiro atoms. The van der Waals surface area contributed by atoms with Gasteiger partial charge >= 0.3 is 5.97 Å². The van der Waals surface area contributed by atoms with Crippen LogP contribution >= 0.6 is 0 Å². The number of hydrogen-bond acceptors (Lipinski definition) is 3. The summed E-state index contributed by atoms with van der Waals surface area (Å²) in [6, 6.07) is 11.4. The molecule has 0 aliphatic heterocycles. The Morgan fingerprint density at radius 3 is 2.24 bits per heavy atom. The van der Waals surface area contributed by atoms with Gasteiger partial charge in [0.05, 0.1) is 16.2 Å². The minimum atomic E-state index is -3.56. The molecule has 0 amide bonds. The summed E-state index contributed by atoms with van der Waals surface area (Å²) in [6.45, 7) is 3.57. The number of carboxylic acid groups (broad SMARTS) is 1. The van der Waals surface area contributed by atoms with Gasteiger partial charge in [0.1, 0.15) is 0 Å². The van der Waals surface area contributed by atoms with Crippen LogP contribution in [0.5, 0.6) is 0 Å². The highest BCUT2D eigenvalue weighted by atomic mass is 32.2. The van der Waals surface area contributed by atoms with E-state index in [2.05, 4.69) is 0 Å². The summed E-state index contributed by atoms with van der Waals surface area (Å²) in [7, 11) is -3.56. The molecule has 110 valence electrons. The second-order valence-electron chi connectivity index (χ2n) is 5.03. The summed E-state index contributed by atoms with van der Waals surface area (Å²) in [5.41, 5.74) is 2.29. The van der Waals surface area contributed by atoms with E-state index >= 15 is 0 Å². The van der Waals surface area contributed by atoms with E-state index in [1.165, 1.54) is 18.2 Å². The predicted octanol–water partition coefficient (Wildman–Crippen LogP) is 2.98. The van der Waals surface area contributed by atoms with Crippen molar-refractivity contribution in [1.29, 1.82) is 0 Å². The lowest BCUT2D eigenvalue weighted by atomic mass is 10.1. The Balaban J connectivity index is 2.38. The maximum absolute atomic E-state index is 12.4. The zero-order valence-corrected chi connectivity index (χ0v) is 12.6. The van der Waals surface area contributed by atoms with Crippen molar-refractivity contribution in [2.75, 3.05) is 0 Å². The third-order valence-corrected chi connectivity index (χ3v) is 4.96. The lowest BCUT2D eigenvalue weighted by Crippen LogP contribution is -2.08. The van der Waals surface area contributed by atoms with Crippen LogP contribution in [-0.2, 0) is 15.6 Å². The lowest BCUT2D eigenvalue weighted by Gasteiger charge is -2.08. The second-order valence-corrected chi connectivity index (χ2v) is 7.02. The molecule has 0 aromatic heterocycles. The maximum atomic E-state index is 12.4. The van der Waals surface area contributed by atoms with Crippen LogP contribution in [0.25, 0.3) is 0 Å². The zero-order valence-electron chi connectivity index (χ0n) is 11.8. The van der Waals surface area contributed by atoms with E-state index in [0.717, 1.165) is 5.56 Å². The average Bonchev–Trinajstić information content (AvgIpc) is 2.41. The first kappa shape index (κ1) is 15.3. The first-order valence-electron chi connectivity index (χ1n) is 6.42.